The minimum atomic E-state index is -3.65. The third kappa shape index (κ3) is 7.55. The fourth-order valence-electron chi connectivity index (χ4n) is 5.73. The summed E-state index contributed by atoms with van der Waals surface area (Å²) in [4.78, 5) is 5.03. The molecule has 0 saturated carbocycles. The molecule has 2 heterocycles. The molecule has 0 amide bonds. The van der Waals surface area contributed by atoms with Gasteiger partial charge in [-0.3, -0.25) is 0 Å². The van der Waals surface area contributed by atoms with Crippen LogP contribution < -0.4 is 4.72 Å². The molecular weight excluding hydrogens is 661 g/mol. The molecule has 0 bridgehead atoms. The van der Waals surface area contributed by atoms with E-state index in [0.29, 0.717) is 6.42 Å². The summed E-state index contributed by atoms with van der Waals surface area (Å²) in [6, 6.07) is 40.3. The van der Waals surface area contributed by atoms with Crippen molar-refractivity contribution in [1.82, 2.24) is 9.71 Å². The summed E-state index contributed by atoms with van der Waals surface area (Å²) >= 11 is 3.40. The average Bonchev–Trinajstić information content (AvgIpc) is 3.57. The molecule has 1 aliphatic rings. The van der Waals surface area contributed by atoms with Crippen LogP contribution in [0.15, 0.2) is 137 Å². The molecule has 1 aliphatic heterocycles. The first-order valence-electron chi connectivity index (χ1n) is 15.7. The van der Waals surface area contributed by atoms with E-state index < -0.39 is 16.3 Å². The van der Waals surface area contributed by atoms with Crippen LogP contribution in [0.5, 0.6) is 0 Å². The van der Waals surface area contributed by atoms with Gasteiger partial charge in [-0.1, -0.05) is 115 Å². The highest BCUT2D eigenvalue weighted by molar-refractivity contribution is 8.01. The first-order valence-corrected chi connectivity index (χ1v) is 19.0. The zero-order valence-electron chi connectivity index (χ0n) is 25.9. The minimum absolute atomic E-state index is 0.00660. The number of hydrogen-bond donors (Lipinski definition) is 2. The predicted molar refractivity (Wildman–Crippen MR) is 191 cm³/mol. The van der Waals surface area contributed by atoms with Gasteiger partial charge < -0.3 is 14.6 Å². The smallest absolute Gasteiger partial charge is 0.240 e. The summed E-state index contributed by atoms with van der Waals surface area (Å²) in [5.74, 6) is 0.731. The maximum atomic E-state index is 12.9. The number of nitrogens with zero attached hydrogens (tertiary/aromatic N) is 1. The maximum absolute atomic E-state index is 12.9. The highest BCUT2D eigenvalue weighted by Gasteiger charge is 2.32. The quantitative estimate of drug-likeness (QED) is 0.132. The van der Waals surface area contributed by atoms with Crippen molar-refractivity contribution < 1.29 is 23.0 Å². The minimum Gasteiger partial charge on any atom is -0.392 e. The van der Waals surface area contributed by atoms with Gasteiger partial charge in [0.2, 0.25) is 10.0 Å². The van der Waals surface area contributed by atoms with Gasteiger partial charge in [0.15, 0.2) is 10.6 Å². The largest absolute Gasteiger partial charge is 0.392 e. The van der Waals surface area contributed by atoms with Gasteiger partial charge in [-0.15, -0.1) is 11.3 Å². The summed E-state index contributed by atoms with van der Waals surface area (Å²) in [7, 11) is -3.65. The summed E-state index contributed by atoms with van der Waals surface area (Å²) in [5.41, 5.74) is 6.57. The number of sulfonamides is 1. The van der Waals surface area contributed by atoms with Crippen molar-refractivity contribution in [3.63, 3.8) is 0 Å². The molecule has 0 unspecified atom stereocenters. The lowest BCUT2D eigenvalue weighted by Crippen LogP contribution is -2.31. The Morgan fingerprint density at radius 1 is 0.812 bits per heavy atom. The van der Waals surface area contributed by atoms with E-state index in [4.69, 9.17) is 14.5 Å². The lowest BCUT2D eigenvalue weighted by Gasteiger charge is -2.36. The van der Waals surface area contributed by atoms with Crippen LogP contribution in [0.2, 0.25) is 0 Å². The van der Waals surface area contributed by atoms with E-state index in [-0.39, 0.29) is 30.3 Å². The molecule has 1 aromatic heterocycles. The van der Waals surface area contributed by atoms with Crippen molar-refractivity contribution in [2.75, 3.05) is 5.75 Å². The maximum Gasteiger partial charge on any atom is 0.240 e. The predicted octanol–water partition coefficient (Wildman–Crippen LogP) is 8.27. The summed E-state index contributed by atoms with van der Waals surface area (Å²) < 4.78 is 43.8. The average molecular weight is 695 g/mol. The highest BCUT2D eigenvalue weighted by Crippen LogP contribution is 2.41. The van der Waals surface area contributed by atoms with Gasteiger partial charge >= 0.3 is 0 Å². The number of aromatic nitrogens is 1. The number of thiazole rings is 1. The molecule has 1 saturated heterocycles. The Kier molecular flexibility index (Phi) is 10.0. The monoisotopic (exact) mass is 694 g/mol. The molecule has 0 radical (unpaired) electrons. The highest BCUT2D eigenvalue weighted by atomic mass is 32.2. The fraction of sp³-hybridized carbons (Fsp3) is 0.184. The van der Waals surface area contributed by atoms with Gasteiger partial charge in [-0.25, -0.2) is 18.1 Å². The number of aliphatic hydroxyl groups excluding tert-OH is 1. The van der Waals surface area contributed by atoms with Gasteiger partial charge in [0.05, 0.1) is 33.9 Å². The lowest BCUT2D eigenvalue weighted by molar-refractivity contribution is -0.245. The Labute approximate surface area is 288 Å². The van der Waals surface area contributed by atoms with Crippen molar-refractivity contribution >= 4 is 43.3 Å². The van der Waals surface area contributed by atoms with Gasteiger partial charge in [0.1, 0.15) is 0 Å². The zero-order chi connectivity index (χ0) is 32.9. The number of nitrogens with one attached hydrogen (secondary N) is 1. The number of ether oxygens (including phenoxy) is 2. The van der Waals surface area contributed by atoms with Crippen LogP contribution in [0.25, 0.3) is 21.3 Å². The van der Waals surface area contributed by atoms with Crippen LogP contribution in [0, 0.1) is 0 Å². The second kappa shape index (κ2) is 14.7. The van der Waals surface area contributed by atoms with Crippen LogP contribution in [-0.4, -0.2) is 30.4 Å². The molecule has 1 fully saturated rings. The Bertz CT molecular complexity index is 2050. The molecule has 244 valence electrons. The molecule has 7 rings (SSSR count). The van der Waals surface area contributed by atoms with Crippen molar-refractivity contribution in [3.05, 3.63) is 150 Å². The van der Waals surface area contributed by atoms with Crippen LogP contribution in [0.1, 0.15) is 41.1 Å². The van der Waals surface area contributed by atoms with Crippen molar-refractivity contribution in [3.8, 4) is 11.1 Å². The standard InChI is InChI=1S/C38H34N2O5S3/c41-24-26-14-16-28(17-15-26)35-22-31(25-46-38-40-34-12-6-7-13-36(34)47-38)44-37(45-35)29-20-18-27(19-21-29)33-11-5-4-8-30(33)23-39-48(42,43)32-9-2-1-3-10-32/h1-21,31,35,37,39,41H,22-25H2/t31-,35+,37+/m1/s1. The number of benzene rings is 5. The molecule has 6 aromatic rings. The van der Waals surface area contributed by atoms with E-state index in [2.05, 4.69) is 10.8 Å². The van der Waals surface area contributed by atoms with Crippen molar-refractivity contribution in [1.29, 1.82) is 0 Å². The molecule has 3 atom stereocenters. The first-order chi connectivity index (χ1) is 23.4. The lowest BCUT2D eigenvalue weighted by atomic mass is 9.98. The van der Waals surface area contributed by atoms with Crippen molar-refractivity contribution in [2.24, 2.45) is 0 Å². The van der Waals surface area contributed by atoms with Gasteiger partial charge in [0.25, 0.3) is 0 Å². The van der Waals surface area contributed by atoms with E-state index in [9.17, 15) is 13.5 Å². The van der Waals surface area contributed by atoms with E-state index in [1.165, 1.54) is 4.70 Å². The van der Waals surface area contributed by atoms with E-state index in [1.54, 1.807) is 53.4 Å². The molecule has 10 heteroatoms. The fourth-order valence-corrected chi connectivity index (χ4v) is 8.87. The van der Waals surface area contributed by atoms with E-state index in [0.717, 1.165) is 49.0 Å². The number of thioether (sulfide) groups is 1. The van der Waals surface area contributed by atoms with Crippen LogP contribution in [0.4, 0.5) is 0 Å². The third-order valence-electron chi connectivity index (χ3n) is 8.30. The second-order valence-corrected chi connectivity index (χ2v) is 15.6. The Morgan fingerprint density at radius 2 is 1.52 bits per heavy atom. The summed E-state index contributed by atoms with van der Waals surface area (Å²) in [5, 5.41) is 9.55. The molecular formula is C38H34N2O5S3. The molecule has 2 N–H and O–H groups in total. The topological polar surface area (TPSA) is 97.8 Å². The van der Waals surface area contributed by atoms with Crippen LogP contribution >= 0.6 is 23.1 Å². The van der Waals surface area contributed by atoms with Gasteiger partial charge in [-0.05, 0) is 52.1 Å². The normalized spacial score (nSPS) is 18.2. The molecule has 0 aliphatic carbocycles. The Balaban J connectivity index is 1.09. The Hall–Kier alpha value is -3.87. The van der Waals surface area contributed by atoms with Gasteiger partial charge in [-0.2, -0.15) is 0 Å². The number of para-hydroxylation sites is 1. The van der Waals surface area contributed by atoms with E-state index in [1.807, 2.05) is 91.0 Å². The second-order valence-electron chi connectivity index (χ2n) is 11.5. The first kappa shape index (κ1) is 32.7. The SMILES string of the molecule is O=S(=O)(NCc1ccccc1-c1ccc([C@H]2O[C@@H](CSc3nc4ccccc4s3)C[C@@H](c3ccc(CO)cc3)O2)cc1)c1ccccc1. The third-order valence-corrected chi connectivity index (χ3v) is 12.0. The van der Waals surface area contributed by atoms with Crippen molar-refractivity contribution in [2.45, 2.75) is 47.3 Å². The molecule has 7 nitrogen and oxygen atoms in total. The van der Waals surface area contributed by atoms with Crippen LogP contribution in [0.3, 0.4) is 0 Å². The summed E-state index contributed by atoms with van der Waals surface area (Å²) in [6.07, 6.45) is -0.155. The summed E-state index contributed by atoms with van der Waals surface area (Å²) in [6.45, 7) is 0.155. The number of hydrogen-bond acceptors (Lipinski definition) is 8. The molecule has 0 spiro atoms. The number of rotatable bonds is 11. The molecule has 48 heavy (non-hydrogen) atoms. The zero-order valence-corrected chi connectivity index (χ0v) is 28.4. The Morgan fingerprint density at radius 3 is 2.29 bits per heavy atom. The van der Waals surface area contributed by atoms with Crippen LogP contribution in [-0.2, 0) is 32.6 Å². The van der Waals surface area contributed by atoms with Gasteiger partial charge in [0, 0.05) is 24.3 Å². The van der Waals surface area contributed by atoms with E-state index >= 15 is 0 Å². The molecule has 5 aromatic carbocycles. The number of fused-ring (bicyclic) bond motifs is 1. The number of aliphatic hydroxyl groups is 1.